The highest BCUT2D eigenvalue weighted by atomic mass is 16.7. The summed E-state index contributed by atoms with van der Waals surface area (Å²) in [6, 6.07) is 0. The van der Waals surface area contributed by atoms with E-state index in [-0.39, 0.29) is 5.91 Å². The lowest BCUT2D eigenvalue weighted by Gasteiger charge is -2.27. The third-order valence-corrected chi connectivity index (χ3v) is 2.65. The normalized spacial score (nSPS) is 24.9. The maximum atomic E-state index is 11.7. The number of rotatable bonds is 3. The van der Waals surface area contributed by atoms with E-state index in [4.69, 9.17) is 9.94 Å². The van der Waals surface area contributed by atoms with Gasteiger partial charge in [-0.15, -0.1) is 0 Å². The summed E-state index contributed by atoms with van der Waals surface area (Å²) in [5, 5.41) is 10.0. The van der Waals surface area contributed by atoms with E-state index in [2.05, 4.69) is 0 Å². The molecule has 0 aromatic carbocycles. The zero-order valence-electron chi connectivity index (χ0n) is 8.84. The molecule has 0 aromatic heterocycles. The molecule has 0 saturated carbocycles. The molecule has 0 saturated heterocycles. The van der Waals surface area contributed by atoms with Crippen molar-refractivity contribution in [2.45, 2.75) is 12.8 Å². The van der Waals surface area contributed by atoms with E-state index < -0.39 is 17.8 Å². The number of carboxylic acid groups (broad SMARTS) is 1. The molecular formula is C10H15NO4. The molecule has 5 heteroatoms. The minimum Gasteiger partial charge on any atom is -0.481 e. The summed E-state index contributed by atoms with van der Waals surface area (Å²) in [6.45, 7) is 0. The van der Waals surface area contributed by atoms with E-state index in [0.717, 1.165) is 5.06 Å². The smallest absolute Gasteiger partial charge is 0.307 e. The zero-order chi connectivity index (χ0) is 11.4. The average molecular weight is 213 g/mol. The fraction of sp³-hybridized carbons (Fsp3) is 0.600. The minimum atomic E-state index is -0.929. The fourth-order valence-electron chi connectivity index (χ4n) is 1.68. The lowest BCUT2D eigenvalue weighted by Crippen LogP contribution is -2.39. The first-order chi connectivity index (χ1) is 7.07. The Balaban J connectivity index is 2.77. The Morgan fingerprint density at radius 3 is 2.33 bits per heavy atom. The number of allylic oxidation sites excluding steroid dienone is 2. The van der Waals surface area contributed by atoms with Crippen molar-refractivity contribution in [3.63, 3.8) is 0 Å². The summed E-state index contributed by atoms with van der Waals surface area (Å²) in [5.41, 5.74) is 0. The number of hydrogen-bond acceptors (Lipinski definition) is 3. The second-order valence-electron chi connectivity index (χ2n) is 3.51. The Morgan fingerprint density at radius 1 is 1.33 bits per heavy atom. The number of carboxylic acids is 1. The van der Waals surface area contributed by atoms with E-state index in [1.807, 2.05) is 6.08 Å². The van der Waals surface area contributed by atoms with E-state index in [1.54, 1.807) is 6.08 Å². The Hall–Kier alpha value is -1.36. The fourth-order valence-corrected chi connectivity index (χ4v) is 1.68. The first-order valence-corrected chi connectivity index (χ1v) is 4.77. The Morgan fingerprint density at radius 2 is 1.87 bits per heavy atom. The molecule has 0 aromatic rings. The number of aliphatic carboxylic acids is 1. The van der Waals surface area contributed by atoms with Crippen LogP contribution < -0.4 is 0 Å². The van der Waals surface area contributed by atoms with Crippen LogP contribution in [0.1, 0.15) is 12.8 Å². The number of hydroxylamine groups is 2. The first-order valence-electron chi connectivity index (χ1n) is 4.77. The van der Waals surface area contributed by atoms with Gasteiger partial charge in [0.25, 0.3) is 0 Å². The highest BCUT2D eigenvalue weighted by molar-refractivity contribution is 5.84. The summed E-state index contributed by atoms with van der Waals surface area (Å²) >= 11 is 0. The Labute approximate surface area is 88.3 Å². The molecule has 0 unspecified atom stereocenters. The van der Waals surface area contributed by atoms with E-state index in [1.165, 1.54) is 14.2 Å². The minimum absolute atomic E-state index is 0.283. The van der Waals surface area contributed by atoms with Gasteiger partial charge in [0, 0.05) is 7.05 Å². The van der Waals surface area contributed by atoms with Gasteiger partial charge in [0.15, 0.2) is 0 Å². The van der Waals surface area contributed by atoms with Gasteiger partial charge in [-0.1, -0.05) is 12.2 Å². The predicted octanol–water partition coefficient (Wildman–Crippen LogP) is 0.673. The number of carbonyl (C=O) groups excluding carboxylic acids is 1. The van der Waals surface area contributed by atoms with Gasteiger partial charge < -0.3 is 5.11 Å². The molecular weight excluding hydrogens is 198 g/mol. The van der Waals surface area contributed by atoms with Gasteiger partial charge >= 0.3 is 5.97 Å². The summed E-state index contributed by atoms with van der Waals surface area (Å²) in [6.07, 6.45) is 4.51. The van der Waals surface area contributed by atoms with Crippen LogP contribution >= 0.6 is 0 Å². The summed E-state index contributed by atoms with van der Waals surface area (Å²) in [4.78, 5) is 27.4. The molecule has 0 aliphatic heterocycles. The molecule has 0 radical (unpaired) electrons. The predicted molar refractivity (Wildman–Crippen MR) is 52.8 cm³/mol. The molecule has 15 heavy (non-hydrogen) atoms. The van der Waals surface area contributed by atoms with Crippen LogP contribution in [-0.2, 0) is 14.4 Å². The second kappa shape index (κ2) is 4.93. The number of amides is 1. The zero-order valence-corrected chi connectivity index (χ0v) is 8.84. The lowest BCUT2D eigenvalue weighted by atomic mass is 9.82. The molecule has 0 fully saturated rings. The van der Waals surface area contributed by atoms with Crippen molar-refractivity contribution in [1.29, 1.82) is 0 Å². The van der Waals surface area contributed by atoms with Crippen LogP contribution in [0.3, 0.4) is 0 Å². The van der Waals surface area contributed by atoms with Crippen LogP contribution in [0.4, 0.5) is 0 Å². The van der Waals surface area contributed by atoms with Gasteiger partial charge in [-0.2, -0.15) is 0 Å². The van der Waals surface area contributed by atoms with Gasteiger partial charge in [-0.25, -0.2) is 5.06 Å². The lowest BCUT2D eigenvalue weighted by molar-refractivity contribution is -0.177. The highest BCUT2D eigenvalue weighted by Gasteiger charge is 2.35. The second-order valence-corrected chi connectivity index (χ2v) is 3.51. The maximum absolute atomic E-state index is 11.7. The van der Waals surface area contributed by atoms with Crippen molar-refractivity contribution in [2.75, 3.05) is 14.2 Å². The standard InChI is InChI=1S/C10H15NO4/c1-11(15-2)9(12)7-5-3-4-6-8(7)10(13)14/h3-4,7-8H,5-6H2,1-2H3,(H,13,14)/t7-,8+/m1/s1. The molecule has 2 atom stereocenters. The van der Waals surface area contributed by atoms with Gasteiger partial charge in [0.1, 0.15) is 0 Å². The van der Waals surface area contributed by atoms with Gasteiger partial charge in [-0.05, 0) is 12.8 Å². The molecule has 1 N–H and O–H groups in total. The van der Waals surface area contributed by atoms with Crippen molar-refractivity contribution in [3.8, 4) is 0 Å². The third-order valence-electron chi connectivity index (χ3n) is 2.65. The molecule has 0 spiro atoms. The molecule has 1 aliphatic rings. The largest absolute Gasteiger partial charge is 0.481 e. The number of hydrogen-bond donors (Lipinski definition) is 1. The third kappa shape index (κ3) is 2.56. The Kier molecular flexibility index (Phi) is 3.85. The van der Waals surface area contributed by atoms with Crippen LogP contribution in [0.25, 0.3) is 0 Å². The van der Waals surface area contributed by atoms with Crippen LogP contribution in [0.5, 0.6) is 0 Å². The SMILES string of the molecule is CON(C)C(=O)[C@@H]1CC=CC[C@@H]1C(=O)O. The van der Waals surface area contributed by atoms with Crippen LogP contribution in [0, 0.1) is 11.8 Å². The van der Waals surface area contributed by atoms with Crippen molar-refractivity contribution in [2.24, 2.45) is 11.8 Å². The summed E-state index contributed by atoms with van der Waals surface area (Å²) in [7, 11) is 2.87. The number of nitrogens with zero attached hydrogens (tertiary/aromatic N) is 1. The summed E-state index contributed by atoms with van der Waals surface area (Å²) in [5.74, 6) is -2.37. The monoisotopic (exact) mass is 213 g/mol. The van der Waals surface area contributed by atoms with Crippen molar-refractivity contribution < 1.29 is 19.5 Å². The summed E-state index contributed by atoms with van der Waals surface area (Å²) < 4.78 is 0. The highest BCUT2D eigenvalue weighted by Crippen LogP contribution is 2.27. The molecule has 1 rings (SSSR count). The van der Waals surface area contributed by atoms with Gasteiger partial charge in [0.2, 0.25) is 5.91 Å². The van der Waals surface area contributed by atoms with E-state index >= 15 is 0 Å². The first kappa shape index (κ1) is 11.7. The van der Waals surface area contributed by atoms with Crippen LogP contribution in [0.2, 0.25) is 0 Å². The quantitative estimate of drug-likeness (QED) is 0.552. The molecule has 5 nitrogen and oxygen atoms in total. The molecule has 1 aliphatic carbocycles. The van der Waals surface area contributed by atoms with E-state index in [0.29, 0.717) is 12.8 Å². The Bertz CT molecular complexity index is 287. The topological polar surface area (TPSA) is 66.8 Å². The van der Waals surface area contributed by atoms with Crippen LogP contribution in [-0.4, -0.2) is 36.2 Å². The van der Waals surface area contributed by atoms with Crippen LogP contribution in [0.15, 0.2) is 12.2 Å². The van der Waals surface area contributed by atoms with Crippen molar-refractivity contribution in [3.05, 3.63) is 12.2 Å². The average Bonchev–Trinajstić information content (AvgIpc) is 2.27. The molecule has 84 valence electrons. The number of carbonyl (C=O) groups is 2. The molecule has 0 heterocycles. The van der Waals surface area contributed by atoms with Gasteiger partial charge in [0.05, 0.1) is 18.9 Å². The van der Waals surface area contributed by atoms with Gasteiger partial charge in [-0.3, -0.25) is 14.4 Å². The maximum Gasteiger partial charge on any atom is 0.307 e. The molecule has 1 amide bonds. The van der Waals surface area contributed by atoms with E-state index in [9.17, 15) is 9.59 Å². The molecule has 0 bridgehead atoms. The van der Waals surface area contributed by atoms with Crippen molar-refractivity contribution >= 4 is 11.9 Å². The van der Waals surface area contributed by atoms with Crippen molar-refractivity contribution in [1.82, 2.24) is 5.06 Å².